The fourth-order valence-electron chi connectivity index (χ4n) is 2.43. The molecule has 8 heteroatoms. The van der Waals surface area contributed by atoms with Crippen LogP contribution in [0.5, 0.6) is 0 Å². The number of nitrogens with one attached hydrogen (secondary N) is 1. The second kappa shape index (κ2) is 7.82. The summed E-state index contributed by atoms with van der Waals surface area (Å²) < 4.78 is 26.0. The molecule has 1 aliphatic carbocycles. The average Bonchev–Trinajstić information content (AvgIpc) is 3.31. The van der Waals surface area contributed by atoms with Crippen molar-refractivity contribution < 1.29 is 13.2 Å². The molecule has 1 aromatic carbocycles. The maximum absolute atomic E-state index is 12.4. The van der Waals surface area contributed by atoms with Crippen molar-refractivity contribution in [3.05, 3.63) is 28.8 Å². The molecule has 6 nitrogen and oxygen atoms in total. The summed E-state index contributed by atoms with van der Waals surface area (Å²) >= 11 is 0. The number of aryl methyl sites for hydroxylation is 1. The van der Waals surface area contributed by atoms with Gasteiger partial charge in [-0.15, -0.1) is 12.4 Å². The third-order valence-electron chi connectivity index (χ3n) is 4.37. The zero-order chi connectivity index (χ0) is 17.4. The Morgan fingerprint density at radius 3 is 2.42 bits per heavy atom. The van der Waals surface area contributed by atoms with E-state index < -0.39 is 10.0 Å². The second-order valence-electron chi connectivity index (χ2n) is 6.42. The predicted molar refractivity (Wildman–Crippen MR) is 97.1 cm³/mol. The van der Waals surface area contributed by atoms with Gasteiger partial charge in [0.25, 0.3) is 5.91 Å². The number of hydrogen-bond acceptors (Lipinski definition) is 4. The van der Waals surface area contributed by atoms with Gasteiger partial charge in [0, 0.05) is 32.2 Å². The number of carbonyl (C=O) groups is 1. The summed E-state index contributed by atoms with van der Waals surface area (Å²) in [6.07, 6.45) is 2.23. The van der Waals surface area contributed by atoms with Crippen LogP contribution in [0.3, 0.4) is 0 Å². The third-order valence-corrected chi connectivity index (χ3v) is 6.31. The van der Waals surface area contributed by atoms with Crippen molar-refractivity contribution >= 4 is 28.3 Å². The van der Waals surface area contributed by atoms with Crippen molar-refractivity contribution in [2.45, 2.75) is 37.6 Å². The molecule has 0 aromatic heterocycles. The molecule has 1 atom stereocenters. The summed E-state index contributed by atoms with van der Waals surface area (Å²) in [4.78, 5) is 12.5. The number of hydrogen-bond donors (Lipinski definition) is 2. The number of halogens is 1. The molecule has 0 radical (unpaired) electrons. The molecule has 1 unspecified atom stereocenters. The van der Waals surface area contributed by atoms with Crippen LogP contribution >= 0.6 is 12.4 Å². The first-order chi connectivity index (χ1) is 10.6. The van der Waals surface area contributed by atoms with Gasteiger partial charge in [-0.25, -0.2) is 12.7 Å². The molecular formula is C16H26ClN3O3S. The first-order valence-electron chi connectivity index (χ1n) is 7.72. The molecule has 136 valence electrons. The van der Waals surface area contributed by atoms with Crippen molar-refractivity contribution in [1.29, 1.82) is 0 Å². The highest BCUT2D eigenvalue weighted by Gasteiger charge is 2.29. The number of sulfonamides is 1. The Morgan fingerprint density at radius 1 is 1.33 bits per heavy atom. The zero-order valence-electron chi connectivity index (χ0n) is 14.5. The summed E-state index contributed by atoms with van der Waals surface area (Å²) in [5.41, 5.74) is 7.75. The lowest BCUT2D eigenvalue weighted by Crippen LogP contribution is -2.38. The SMILES string of the molecule is Cc1cc(C(=O)NCC(N)C2CC2)cc(S(=O)(=O)N(C)C)c1C.Cl. The minimum atomic E-state index is -3.59. The van der Waals surface area contributed by atoms with Crippen LogP contribution in [-0.4, -0.2) is 45.3 Å². The standard InChI is InChI=1S/C16H25N3O3S.ClH/c1-10-7-13(16(20)18-9-14(17)12-5-6-12)8-15(11(10)2)23(21,22)19(3)4;/h7-8,12,14H,5-6,9,17H2,1-4H3,(H,18,20);1H. The smallest absolute Gasteiger partial charge is 0.251 e. The monoisotopic (exact) mass is 375 g/mol. The van der Waals surface area contributed by atoms with Gasteiger partial charge in [-0.3, -0.25) is 4.79 Å². The molecule has 2 rings (SSSR count). The number of rotatable bonds is 6. The number of nitrogens with two attached hydrogens (primary N) is 1. The van der Waals surface area contributed by atoms with E-state index in [9.17, 15) is 13.2 Å². The van der Waals surface area contributed by atoms with Crippen LogP contribution in [0.15, 0.2) is 17.0 Å². The van der Waals surface area contributed by atoms with E-state index >= 15 is 0 Å². The van der Waals surface area contributed by atoms with Gasteiger partial charge in [-0.1, -0.05) is 0 Å². The number of carbonyl (C=O) groups excluding carboxylic acids is 1. The van der Waals surface area contributed by atoms with Crippen molar-refractivity contribution in [3.8, 4) is 0 Å². The van der Waals surface area contributed by atoms with Gasteiger partial charge in [-0.05, 0) is 55.9 Å². The van der Waals surface area contributed by atoms with Crippen LogP contribution in [0, 0.1) is 19.8 Å². The molecule has 24 heavy (non-hydrogen) atoms. The minimum Gasteiger partial charge on any atom is -0.350 e. The summed E-state index contributed by atoms with van der Waals surface area (Å²) in [5.74, 6) is 0.208. The third kappa shape index (κ3) is 4.47. The van der Waals surface area contributed by atoms with Crippen LogP contribution < -0.4 is 11.1 Å². The summed E-state index contributed by atoms with van der Waals surface area (Å²) in [6, 6.07) is 3.12. The van der Waals surface area contributed by atoms with Gasteiger partial charge in [0.2, 0.25) is 10.0 Å². The van der Waals surface area contributed by atoms with Crippen molar-refractivity contribution in [1.82, 2.24) is 9.62 Å². The first-order valence-corrected chi connectivity index (χ1v) is 9.16. The maximum Gasteiger partial charge on any atom is 0.251 e. The van der Waals surface area contributed by atoms with Gasteiger partial charge in [0.1, 0.15) is 0 Å². The molecule has 0 saturated heterocycles. The molecule has 1 aliphatic rings. The number of amides is 1. The summed E-state index contributed by atoms with van der Waals surface area (Å²) in [6.45, 7) is 3.96. The predicted octanol–water partition coefficient (Wildman–Crippen LogP) is 1.44. The van der Waals surface area contributed by atoms with Gasteiger partial charge in [0.05, 0.1) is 4.90 Å². The Hall–Kier alpha value is -1.15. The summed E-state index contributed by atoms with van der Waals surface area (Å²) in [5, 5.41) is 2.80. The van der Waals surface area contributed by atoms with Gasteiger partial charge in [0.15, 0.2) is 0 Å². The fraction of sp³-hybridized carbons (Fsp3) is 0.562. The number of benzene rings is 1. The maximum atomic E-state index is 12.4. The summed E-state index contributed by atoms with van der Waals surface area (Å²) in [7, 11) is -0.637. The van der Waals surface area contributed by atoms with Crippen molar-refractivity contribution in [3.63, 3.8) is 0 Å². The number of nitrogens with zero attached hydrogens (tertiary/aromatic N) is 1. The lowest BCUT2D eigenvalue weighted by molar-refractivity contribution is 0.0950. The van der Waals surface area contributed by atoms with Crippen LogP contribution in [-0.2, 0) is 10.0 Å². The molecule has 1 saturated carbocycles. The zero-order valence-corrected chi connectivity index (χ0v) is 16.1. The first kappa shape index (κ1) is 20.9. The van der Waals surface area contributed by atoms with Crippen LogP contribution in [0.25, 0.3) is 0 Å². The van der Waals surface area contributed by atoms with Crippen LogP contribution in [0.1, 0.15) is 34.3 Å². The van der Waals surface area contributed by atoms with E-state index in [1.54, 1.807) is 19.9 Å². The lowest BCUT2D eigenvalue weighted by Gasteiger charge is -2.17. The van der Waals surface area contributed by atoms with Crippen LogP contribution in [0.4, 0.5) is 0 Å². The van der Waals surface area contributed by atoms with Crippen LogP contribution in [0.2, 0.25) is 0 Å². The quantitative estimate of drug-likeness (QED) is 0.786. The second-order valence-corrected chi connectivity index (χ2v) is 8.54. The van der Waals surface area contributed by atoms with Gasteiger partial charge < -0.3 is 11.1 Å². The van der Waals surface area contributed by atoms with E-state index in [1.165, 1.54) is 20.2 Å². The van der Waals surface area contributed by atoms with E-state index in [2.05, 4.69) is 5.32 Å². The highest BCUT2D eigenvalue weighted by atomic mass is 35.5. The van der Waals surface area contributed by atoms with E-state index in [0.29, 0.717) is 23.6 Å². The van der Waals surface area contributed by atoms with Crippen molar-refractivity contribution in [2.75, 3.05) is 20.6 Å². The largest absolute Gasteiger partial charge is 0.350 e. The molecule has 3 N–H and O–H groups in total. The Bertz CT molecular complexity index is 716. The minimum absolute atomic E-state index is 0. The Labute approximate surface area is 150 Å². The molecule has 1 fully saturated rings. The van der Waals surface area contributed by atoms with Gasteiger partial charge in [-0.2, -0.15) is 0 Å². The van der Waals surface area contributed by atoms with Gasteiger partial charge >= 0.3 is 0 Å². The van der Waals surface area contributed by atoms with Crippen molar-refractivity contribution in [2.24, 2.45) is 11.7 Å². The highest BCUT2D eigenvalue weighted by Crippen LogP contribution is 2.31. The molecule has 0 aliphatic heterocycles. The van der Waals surface area contributed by atoms with E-state index in [-0.39, 0.29) is 29.3 Å². The molecular weight excluding hydrogens is 350 g/mol. The van der Waals surface area contributed by atoms with E-state index in [4.69, 9.17) is 5.73 Å². The normalized spacial score (nSPS) is 15.8. The Morgan fingerprint density at radius 2 is 1.92 bits per heavy atom. The average molecular weight is 376 g/mol. The lowest BCUT2D eigenvalue weighted by atomic mass is 10.1. The fourth-order valence-corrected chi connectivity index (χ4v) is 3.64. The highest BCUT2D eigenvalue weighted by molar-refractivity contribution is 7.89. The van der Waals surface area contributed by atoms with E-state index in [1.807, 2.05) is 0 Å². The molecule has 0 spiro atoms. The molecule has 0 heterocycles. The molecule has 1 aromatic rings. The molecule has 1 amide bonds. The Kier molecular flexibility index (Phi) is 6.81. The molecule has 0 bridgehead atoms. The van der Waals surface area contributed by atoms with E-state index in [0.717, 1.165) is 22.7 Å². The Balaban J connectivity index is 0.00000288. The topological polar surface area (TPSA) is 92.5 Å².